The van der Waals surface area contributed by atoms with Crippen LogP contribution in [0.25, 0.3) is 0 Å². The lowest BCUT2D eigenvalue weighted by atomic mass is 10.2. The average Bonchev–Trinajstić information content (AvgIpc) is 3.04. The van der Waals surface area contributed by atoms with E-state index in [2.05, 4.69) is 10.4 Å². The van der Waals surface area contributed by atoms with Crippen LogP contribution in [0.5, 0.6) is 0 Å². The van der Waals surface area contributed by atoms with Crippen molar-refractivity contribution in [3.63, 3.8) is 0 Å². The fraction of sp³-hybridized carbons (Fsp3) is 0.429. The Morgan fingerprint density at radius 2 is 2.30 bits per heavy atom. The number of nitrogens with zero attached hydrogens (tertiary/aromatic N) is 2. The first kappa shape index (κ1) is 14.3. The van der Waals surface area contributed by atoms with E-state index >= 15 is 0 Å². The Morgan fingerprint density at radius 3 is 2.80 bits per heavy atom. The molecule has 2 N–H and O–H groups in total. The number of nitrogens with one attached hydrogen (secondary N) is 1. The standard InChI is InChI=1S/C14H19N3O3/c1-9(2)17-10(3)11(7-15-17)14(19)16-12(8-18)13-5-4-6-20-13/h4-7,9,12,18H,8H2,1-3H3,(H,16,19). The van der Waals surface area contributed by atoms with Crippen LogP contribution in [-0.2, 0) is 0 Å². The van der Waals surface area contributed by atoms with Gasteiger partial charge in [-0.25, -0.2) is 0 Å². The zero-order valence-corrected chi connectivity index (χ0v) is 11.8. The minimum Gasteiger partial charge on any atom is -0.467 e. The van der Waals surface area contributed by atoms with Crippen molar-refractivity contribution in [2.24, 2.45) is 0 Å². The number of rotatable bonds is 5. The molecule has 1 amide bonds. The van der Waals surface area contributed by atoms with E-state index in [0.717, 1.165) is 5.69 Å². The fourth-order valence-electron chi connectivity index (χ4n) is 2.10. The summed E-state index contributed by atoms with van der Waals surface area (Å²) in [6.45, 7) is 5.63. The Bertz CT molecular complexity index is 573. The van der Waals surface area contributed by atoms with E-state index in [0.29, 0.717) is 11.3 Å². The number of furan rings is 1. The van der Waals surface area contributed by atoms with Crippen molar-refractivity contribution in [2.45, 2.75) is 32.9 Å². The molecule has 6 nitrogen and oxygen atoms in total. The molecule has 0 aliphatic carbocycles. The highest BCUT2D eigenvalue weighted by Crippen LogP contribution is 2.16. The van der Waals surface area contributed by atoms with Crippen LogP contribution in [0.3, 0.4) is 0 Å². The third-order valence-corrected chi connectivity index (χ3v) is 3.15. The number of hydrogen-bond acceptors (Lipinski definition) is 4. The maximum Gasteiger partial charge on any atom is 0.255 e. The van der Waals surface area contributed by atoms with Gasteiger partial charge in [0, 0.05) is 11.7 Å². The highest BCUT2D eigenvalue weighted by molar-refractivity contribution is 5.95. The summed E-state index contributed by atoms with van der Waals surface area (Å²) in [5, 5.41) is 16.3. The number of hydrogen-bond donors (Lipinski definition) is 2. The lowest BCUT2D eigenvalue weighted by Crippen LogP contribution is -2.30. The second-order valence-electron chi connectivity index (χ2n) is 4.91. The van der Waals surface area contributed by atoms with Gasteiger partial charge in [0.25, 0.3) is 5.91 Å². The smallest absolute Gasteiger partial charge is 0.255 e. The summed E-state index contributed by atoms with van der Waals surface area (Å²) in [6, 6.07) is 3.06. The van der Waals surface area contributed by atoms with Crippen LogP contribution < -0.4 is 5.32 Å². The van der Waals surface area contributed by atoms with Gasteiger partial charge in [-0.2, -0.15) is 5.10 Å². The van der Waals surface area contributed by atoms with E-state index in [4.69, 9.17) is 4.42 Å². The molecule has 0 radical (unpaired) electrons. The average molecular weight is 277 g/mol. The number of carbonyl (C=O) groups excluding carboxylic acids is 1. The van der Waals surface area contributed by atoms with Gasteiger partial charge in [0.05, 0.1) is 24.6 Å². The van der Waals surface area contributed by atoms with Gasteiger partial charge in [0.1, 0.15) is 11.8 Å². The lowest BCUT2D eigenvalue weighted by Gasteiger charge is -2.14. The zero-order valence-electron chi connectivity index (χ0n) is 11.8. The molecule has 6 heteroatoms. The number of aromatic nitrogens is 2. The topological polar surface area (TPSA) is 80.3 Å². The van der Waals surface area contributed by atoms with Gasteiger partial charge in [-0.15, -0.1) is 0 Å². The van der Waals surface area contributed by atoms with Gasteiger partial charge in [0.2, 0.25) is 0 Å². The van der Waals surface area contributed by atoms with Crippen molar-refractivity contribution in [1.82, 2.24) is 15.1 Å². The van der Waals surface area contributed by atoms with E-state index in [1.807, 2.05) is 20.8 Å². The molecule has 2 aromatic heterocycles. The monoisotopic (exact) mass is 277 g/mol. The van der Waals surface area contributed by atoms with Crippen LogP contribution in [0.2, 0.25) is 0 Å². The van der Waals surface area contributed by atoms with Gasteiger partial charge < -0.3 is 14.8 Å². The second-order valence-corrected chi connectivity index (χ2v) is 4.91. The maximum atomic E-state index is 12.2. The molecule has 0 aliphatic heterocycles. The third-order valence-electron chi connectivity index (χ3n) is 3.15. The minimum absolute atomic E-state index is 0.190. The molecule has 20 heavy (non-hydrogen) atoms. The molecule has 1 atom stereocenters. The normalized spacial score (nSPS) is 12.7. The number of aliphatic hydroxyl groups excluding tert-OH is 1. The first-order valence-electron chi connectivity index (χ1n) is 6.53. The molecule has 0 saturated heterocycles. The molecule has 0 saturated carbocycles. The van der Waals surface area contributed by atoms with Crippen molar-refractivity contribution < 1.29 is 14.3 Å². The highest BCUT2D eigenvalue weighted by Gasteiger charge is 2.20. The molecule has 0 aromatic carbocycles. The van der Waals surface area contributed by atoms with Crippen LogP contribution in [0.4, 0.5) is 0 Å². The summed E-state index contributed by atoms with van der Waals surface area (Å²) in [6.07, 6.45) is 3.05. The van der Waals surface area contributed by atoms with Gasteiger partial charge in [-0.05, 0) is 32.9 Å². The Labute approximate surface area is 117 Å². The molecular weight excluding hydrogens is 258 g/mol. The summed E-state index contributed by atoms with van der Waals surface area (Å²) in [7, 11) is 0. The van der Waals surface area contributed by atoms with Crippen molar-refractivity contribution in [3.8, 4) is 0 Å². The zero-order chi connectivity index (χ0) is 14.7. The summed E-state index contributed by atoms with van der Waals surface area (Å²) < 4.78 is 6.99. The predicted octanol–water partition coefficient (Wildman–Crippen LogP) is 1.83. The Kier molecular flexibility index (Phi) is 4.24. The van der Waals surface area contributed by atoms with Crippen LogP contribution in [-0.4, -0.2) is 27.4 Å². The quantitative estimate of drug-likeness (QED) is 0.873. The molecule has 108 valence electrons. The van der Waals surface area contributed by atoms with E-state index in [1.54, 1.807) is 23.0 Å². The Morgan fingerprint density at radius 1 is 1.55 bits per heavy atom. The molecule has 2 heterocycles. The highest BCUT2D eigenvalue weighted by atomic mass is 16.3. The molecule has 2 aromatic rings. The largest absolute Gasteiger partial charge is 0.467 e. The van der Waals surface area contributed by atoms with Crippen LogP contribution >= 0.6 is 0 Å². The second kappa shape index (κ2) is 5.92. The number of aliphatic hydroxyl groups is 1. The van der Waals surface area contributed by atoms with E-state index in [-0.39, 0.29) is 18.6 Å². The maximum absolute atomic E-state index is 12.2. The molecule has 0 spiro atoms. The third kappa shape index (κ3) is 2.75. The van der Waals surface area contributed by atoms with Crippen molar-refractivity contribution in [2.75, 3.05) is 6.61 Å². The van der Waals surface area contributed by atoms with Crippen molar-refractivity contribution in [3.05, 3.63) is 41.6 Å². The first-order valence-corrected chi connectivity index (χ1v) is 6.53. The van der Waals surface area contributed by atoms with Gasteiger partial charge in [0.15, 0.2) is 0 Å². The minimum atomic E-state index is -0.556. The summed E-state index contributed by atoms with van der Waals surface area (Å²) in [4.78, 5) is 12.2. The van der Waals surface area contributed by atoms with E-state index < -0.39 is 6.04 Å². The molecule has 1 unspecified atom stereocenters. The van der Waals surface area contributed by atoms with Gasteiger partial charge in [-0.3, -0.25) is 9.48 Å². The van der Waals surface area contributed by atoms with E-state index in [9.17, 15) is 9.90 Å². The van der Waals surface area contributed by atoms with Crippen LogP contribution in [0.1, 0.15) is 47.7 Å². The molecule has 2 rings (SSSR count). The van der Waals surface area contributed by atoms with Crippen molar-refractivity contribution in [1.29, 1.82) is 0 Å². The number of amides is 1. The molecular formula is C14H19N3O3. The fourth-order valence-corrected chi connectivity index (χ4v) is 2.10. The molecule has 0 bridgehead atoms. The summed E-state index contributed by atoms with van der Waals surface area (Å²) >= 11 is 0. The van der Waals surface area contributed by atoms with Crippen LogP contribution in [0.15, 0.2) is 29.0 Å². The number of carbonyl (C=O) groups is 1. The SMILES string of the molecule is Cc1c(C(=O)NC(CO)c2ccco2)cnn1C(C)C. The Balaban J connectivity index is 2.16. The van der Waals surface area contributed by atoms with E-state index in [1.165, 1.54) is 6.26 Å². The molecule has 0 fully saturated rings. The van der Waals surface area contributed by atoms with Crippen LogP contribution in [0, 0.1) is 6.92 Å². The molecule has 0 aliphatic rings. The lowest BCUT2D eigenvalue weighted by molar-refractivity contribution is 0.0906. The van der Waals surface area contributed by atoms with Gasteiger partial charge >= 0.3 is 0 Å². The summed E-state index contributed by atoms with van der Waals surface area (Å²) in [5.41, 5.74) is 1.30. The van der Waals surface area contributed by atoms with Crippen molar-refractivity contribution >= 4 is 5.91 Å². The van der Waals surface area contributed by atoms with Gasteiger partial charge in [-0.1, -0.05) is 0 Å². The first-order chi connectivity index (χ1) is 9.54. The Hall–Kier alpha value is -2.08. The predicted molar refractivity (Wildman–Crippen MR) is 73.4 cm³/mol. The summed E-state index contributed by atoms with van der Waals surface area (Å²) in [5.74, 6) is 0.250.